The second-order valence-corrected chi connectivity index (χ2v) is 7.80. The van der Waals surface area contributed by atoms with Crippen LogP contribution in [-0.4, -0.2) is 24.5 Å². The zero-order valence-electron chi connectivity index (χ0n) is 13.8. The van der Waals surface area contributed by atoms with Gasteiger partial charge in [0.2, 0.25) is 10.0 Å². The fourth-order valence-corrected chi connectivity index (χ4v) is 3.71. The lowest BCUT2D eigenvalue weighted by atomic mass is 10.1. The van der Waals surface area contributed by atoms with Gasteiger partial charge in [0.1, 0.15) is 0 Å². The van der Waals surface area contributed by atoms with E-state index in [1.165, 1.54) is 0 Å². The predicted octanol–water partition coefficient (Wildman–Crippen LogP) is 3.14. The van der Waals surface area contributed by atoms with Gasteiger partial charge in [0, 0.05) is 12.6 Å². The Morgan fingerprint density at radius 2 is 1.88 bits per heavy atom. The van der Waals surface area contributed by atoms with E-state index in [0.29, 0.717) is 19.0 Å². The van der Waals surface area contributed by atoms with Crippen LogP contribution in [-0.2, 0) is 16.4 Å². The summed E-state index contributed by atoms with van der Waals surface area (Å²) in [5.41, 5.74) is 3.10. The Kier molecular flexibility index (Phi) is 4.69. The predicted molar refractivity (Wildman–Crippen MR) is 95.5 cm³/mol. The van der Waals surface area contributed by atoms with E-state index in [1.54, 1.807) is 30.3 Å². The van der Waals surface area contributed by atoms with Crippen LogP contribution < -0.4 is 4.72 Å². The Labute approximate surface area is 142 Å². The molecular weight excluding hydrogens is 322 g/mol. The molecule has 6 heteroatoms. The molecule has 24 heavy (non-hydrogen) atoms. The molecule has 5 nitrogen and oxygen atoms in total. The summed E-state index contributed by atoms with van der Waals surface area (Å²) in [6.07, 6.45) is 2.47. The molecule has 1 aromatic heterocycles. The van der Waals surface area contributed by atoms with Crippen LogP contribution in [0, 0.1) is 0 Å². The fraction of sp³-hybridized carbons (Fsp3) is 0.278. The second-order valence-electron chi connectivity index (χ2n) is 6.03. The van der Waals surface area contributed by atoms with Crippen molar-refractivity contribution in [2.24, 2.45) is 0 Å². The molecule has 0 bridgehead atoms. The third-order valence-corrected chi connectivity index (χ3v) is 5.43. The van der Waals surface area contributed by atoms with Crippen molar-refractivity contribution in [1.29, 1.82) is 0 Å². The van der Waals surface area contributed by atoms with Crippen molar-refractivity contribution in [2.45, 2.75) is 31.2 Å². The second kappa shape index (κ2) is 6.75. The molecule has 0 radical (unpaired) electrons. The van der Waals surface area contributed by atoms with Gasteiger partial charge in [-0.15, -0.1) is 0 Å². The third-order valence-electron chi connectivity index (χ3n) is 3.95. The largest absolute Gasteiger partial charge is 0.328 e. The number of imidazole rings is 1. The Balaban J connectivity index is 1.68. The Bertz CT molecular complexity index is 931. The summed E-state index contributed by atoms with van der Waals surface area (Å²) in [6, 6.07) is 14.9. The number of nitrogens with one attached hydrogen (secondary N) is 1. The summed E-state index contributed by atoms with van der Waals surface area (Å²) in [5.74, 6) is 0. The van der Waals surface area contributed by atoms with Crippen LogP contribution in [0.5, 0.6) is 0 Å². The van der Waals surface area contributed by atoms with Gasteiger partial charge >= 0.3 is 0 Å². The highest BCUT2D eigenvalue weighted by Gasteiger charge is 2.12. The number of hydrogen-bond donors (Lipinski definition) is 1. The fourth-order valence-electron chi connectivity index (χ4n) is 2.66. The van der Waals surface area contributed by atoms with Crippen molar-refractivity contribution in [1.82, 2.24) is 14.3 Å². The first-order valence-corrected chi connectivity index (χ1v) is 9.46. The molecule has 0 aliphatic carbocycles. The molecule has 0 unspecified atom stereocenters. The van der Waals surface area contributed by atoms with E-state index in [4.69, 9.17) is 0 Å². The number of benzene rings is 2. The normalized spacial score (nSPS) is 12.1. The van der Waals surface area contributed by atoms with Gasteiger partial charge in [-0.1, -0.05) is 24.3 Å². The standard InChI is InChI=1S/C18H21N3O2S/c1-14(2)21-13-19-17-12-15(8-9-18(17)21)10-11-20-24(22,23)16-6-4-3-5-7-16/h3-9,12-14,20H,10-11H2,1-2H3. The Hall–Kier alpha value is -2.18. The van der Waals surface area contributed by atoms with Crippen molar-refractivity contribution < 1.29 is 8.42 Å². The molecule has 0 saturated heterocycles. The molecule has 3 aromatic rings. The summed E-state index contributed by atoms with van der Waals surface area (Å²) < 4.78 is 29.1. The maximum absolute atomic E-state index is 12.2. The van der Waals surface area contributed by atoms with Gasteiger partial charge in [0.25, 0.3) is 0 Å². The minimum Gasteiger partial charge on any atom is -0.328 e. The van der Waals surface area contributed by atoms with Gasteiger partial charge in [-0.25, -0.2) is 18.1 Å². The van der Waals surface area contributed by atoms with Gasteiger partial charge in [-0.3, -0.25) is 0 Å². The first-order valence-electron chi connectivity index (χ1n) is 7.97. The molecule has 0 amide bonds. The van der Waals surface area contributed by atoms with Crippen LogP contribution in [0.3, 0.4) is 0 Å². The van der Waals surface area contributed by atoms with Crippen molar-refractivity contribution >= 4 is 21.1 Å². The van der Waals surface area contributed by atoms with Crippen LogP contribution in [0.2, 0.25) is 0 Å². The monoisotopic (exact) mass is 343 g/mol. The molecule has 2 aromatic carbocycles. The number of rotatable bonds is 6. The van der Waals surface area contributed by atoms with Crippen LogP contribution in [0.4, 0.5) is 0 Å². The highest BCUT2D eigenvalue weighted by molar-refractivity contribution is 7.89. The molecule has 0 fully saturated rings. The Morgan fingerprint density at radius 1 is 1.12 bits per heavy atom. The molecule has 0 saturated carbocycles. The van der Waals surface area contributed by atoms with Gasteiger partial charge in [0.05, 0.1) is 22.3 Å². The average molecular weight is 343 g/mol. The van der Waals surface area contributed by atoms with Crippen LogP contribution in [0.1, 0.15) is 25.5 Å². The number of nitrogens with zero attached hydrogens (tertiary/aromatic N) is 2. The maximum Gasteiger partial charge on any atom is 0.240 e. The van der Waals surface area contributed by atoms with E-state index in [9.17, 15) is 8.42 Å². The molecule has 3 rings (SSSR count). The molecular formula is C18H21N3O2S. The summed E-state index contributed by atoms with van der Waals surface area (Å²) in [6.45, 7) is 4.59. The van der Waals surface area contributed by atoms with E-state index in [2.05, 4.69) is 28.1 Å². The molecule has 0 spiro atoms. The van der Waals surface area contributed by atoms with Crippen LogP contribution >= 0.6 is 0 Å². The smallest absolute Gasteiger partial charge is 0.240 e. The minimum absolute atomic E-state index is 0.288. The van der Waals surface area contributed by atoms with Crippen molar-refractivity contribution in [3.05, 3.63) is 60.4 Å². The molecule has 0 aliphatic rings. The number of hydrogen-bond acceptors (Lipinski definition) is 3. The highest BCUT2D eigenvalue weighted by Crippen LogP contribution is 2.19. The summed E-state index contributed by atoms with van der Waals surface area (Å²) >= 11 is 0. The zero-order valence-corrected chi connectivity index (χ0v) is 14.6. The lowest BCUT2D eigenvalue weighted by Crippen LogP contribution is -2.25. The molecule has 0 atom stereocenters. The van der Waals surface area contributed by atoms with Crippen LogP contribution in [0.25, 0.3) is 11.0 Å². The average Bonchev–Trinajstić information content (AvgIpc) is 2.99. The number of sulfonamides is 1. The SMILES string of the molecule is CC(C)n1cnc2cc(CCNS(=O)(=O)c3ccccc3)ccc21. The maximum atomic E-state index is 12.2. The molecule has 1 N–H and O–H groups in total. The molecule has 0 aliphatic heterocycles. The van der Waals surface area contributed by atoms with Gasteiger partial charge in [-0.2, -0.15) is 0 Å². The topological polar surface area (TPSA) is 64.0 Å². The van der Waals surface area contributed by atoms with E-state index in [1.807, 2.05) is 24.5 Å². The van der Waals surface area contributed by atoms with Gasteiger partial charge < -0.3 is 4.57 Å². The number of fused-ring (bicyclic) bond motifs is 1. The first kappa shape index (κ1) is 16.7. The summed E-state index contributed by atoms with van der Waals surface area (Å²) in [5, 5.41) is 0. The summed E-state index contributed by atoms with van der Waals surface area (Å²) in [7, 11) is -3.45. The van der Waals surface area contributed by atoms with Crippen molar-refractivity contribution in [2.75, 3.05) is 6.54 Å². The van der Waals surface area contributed by atoms with Crippen LogP contribution in [0.15, 0.2) is 59.8 Å². The van der Waals surface area contributed by atoms with Crippen molar-refractivity contribution in [3.8, 4) is 0 Å². The van der Waals surface area contributed by atoms with E-state index in [0.717, 1.165) is 16.6 Å². The quantitative estimate of drug-likeness (QED) is 0.748. The van der Waals surface area contributed by atoms with E-state index in [-0.39, 0.29) is 4.90 Å². The highest BCUT2D eigenvalue weighted by atomic mass is 32.2. The first-order chi connectivity index (χ1) is 11.5. The van der Waals surface area contributed by atoms with Crippen molar-refractivity contribution in [3.63, 3.8) is 0 Å². The van der Waals surface area contributed by atoms with E-state index < -0.39 is 10.0 Å². The third kappa shape index (κ3) is 3.49. The number of aromatic nitrogens is 2. The molecule has 126 valence electrons. The van der Waals surface area contributed by atoms with Gasteiger partial charge in [0.15, 0.2) is 0 Å². The van der Waals surface area contributed by atoms with Gasteiger partial charge in [-0.05, 0) is 50.1 Å². The Morgan fingerprint density at radius 3 is 2.58 bits per heavy atom. The summed E-state index contributed by atoms with van der Waals surface area (Å²) in [4.78, 5) is 4.72. The molecule has 1 heterocycles. The zero-order chi connectivity index (χ0) is 17.2. The van der Waals surface area contributed by atoms with E-state index >= 15 is 0 Å². The lowest BCUT2D eigenvalue weighted by molar-refractivity contribution is 0.581. The lowest BCUT2D eigenvalue weighted by Gasteiger charge is -2.09. The minimum atomic E-state index is -3.45.